The minimum absolute atomic E-state index is 0.00461. The van der Waals surface area contributed by atoms with Crippen LogP contribution >= 0.6 is 0 Å². The first-order valence-electron chi connectivity index (χ1n) is 9.93. The number of amides is 1. The molecule has 0 radical (unpaired) electrons. The second kappa shape index (κ2) is 7.32. The van der Waals surface area contributed by atoms with E-state index in [1.807, 2.05) is 25.1 Å². The van der Waals surface area contributed by atoms with Gasteiger partial charge in [0.25, 0.3) is 0 Å². The van der Waals surface area contributed by atoms with Crippen LogP contribution in [0.15, 0.2) is 18.2 Å². The summed E-state index contributed by atoms with van der Waals surface area (Å²) in [6.45, 7) is 7.85. The molecule has 6 nitrogen and oxygen atoms in total. The Bertz CT molecular complexity index is 709. The number of methoxy groups -OCH3 is 1. The van der Waals surface area contributed by atoms with Crippen LogP contribution in [0.1, 0.15) is 25.3 Å². The van der Waals surface area contributed by atoms with E-state index in [2.05, 4.69) is 10.2 Å². The van der Waals surface area contributed by atoms with Crippen LogP contribution in [0.3, 0.4) is 0 Å². The quantitative estimate of drug-likeness (QED) is 0.791. The van der Waals surface area contributed by atoms with Crippen molar-refractivity contribution < 1.29 is 19.0 Å². The number of carbonyl (C=O) groups excluding carboxylic acids is 1. The molecule has 6 heteroatoms. The van der Waals surface area contributed by atoms with E-state index in [-0.39, 0.29) is 11.5 Å². The molecule has 3 aliphatic heterocycles. The predicted octanol–water partition coefficient (Wildman–Crippen LogP) is 2.00. The van der Waals surface area contributed by atoms with Gasteiger partial charge in [-0.2, -0.15) is 0 Å². The van der Waals surface area contributed by atoms with Crippen LogP contribution in [0.25, 0.3) is 0 Å². The van der Waals surface area contributed by atoms with E-state index in [1.165, 1.54) is 0 Å². The molecule has 3 aliphatic rings. The molecule has 0 aromatic heterocycles. The maximum Gasteiger partial charge on any atom is 0.216 e. The van der Waals surface area contributed by atoms with E-state index >= 15 is 0 Å². The summed E-state index contributed by atoms with van der Waals surface area (Å²) in [5.41, 5.74) is 1.15. The Hall–Kier alpha value is -1.79. The fourth-order valence-electron chi connectivity index (χ4n) is 5.17. The summed E-state index contributed by atoms with van der Waals surface area (Å²) >= 11 is 0. The molecular formula is C21H30N2O4. The van der Waals surface area contributed by atoms with Crippen molar-refractivity contribution in [1.29, 1.82) is 0 Å². The summed E-state index contributed by atoms with van der Waals surface area (Å²) in [6, 6.07) is 6.00. The number of benzene rings is 1. The topological polar surface area (TPSA) is 60.0 Å². The third-order valence-electron chi connectivity index (χ3n) is 6.43. The Morgan fingerprint density at radius 3 is 3.04 bits per heavy atom. The SMILES string of the molecule is COc1cc(C)ccc1OCCN1C[C@@H]2[C@H](CNC(C)=O)[C@H]3CC[C@]2(C1)O3. The number of nitrogens with zero attached hydrogens (tertiary/aromatic N) is 1. The molecule has 148 valence electrons. The largest absolute Gasteiger partial charge is 0.493 e. The molecule has 1 N–H and O–H groups in total. The van der Waals surface area contributed by atoms with Crippen LogP contribution in [0.5, 0.6) is 11.5 Å². The molecular weight excluding hydrogens is 344 g/mol. The number of nitrogens with one attached hydrogen (secondary N) is 1. The van der Waals surface area contributed by atoms with Gasteiger partial charge in [-0.15, -0.1) is 0 Å². The predicted molar refractivity (Wildman–Crippen MR) is 102 cm³/mol. The number of aryl methyl sites for hydroxylation is 1. The summed E-state index contributed by atoms with van der Waals surface area (Å²) in [6.07, 6.45) is 2.57. The van der Waals surface area contributed by atoms with Crippen LogP contribution in [-0.2, 0) is 9.53 Å². The first kappa shape index (κ1) is 18.6. The fourth-order valence-corrected chi connectivity index (χ4v) is 5.17. The maximum absolute atomic E-state index is 11.3. The summed E-state index contributed by atoms with van der Waals surface area (Å²) in [5.74, 6) is 2.57. The second-order valence-corrected chi connectivity index (χ2v) is 8.21. The standard InChI is InChI=1S/C21H30N2O4/c1-14-4-5-19(20(10-14)25-3)26-9-8-23-12-17-16(11-22-15(2)24)18-6-7-21(17,13-23)27-18/h4-5,10,16-18H,6-9,11-13H2,1-3H3,(H,22,24)/t16-,17+,18+,21+/m0/s1. The van der Waals surface area contributed by atoms with Crippen molar-refractivity contribution in [2.24, 2.45) is 11.8 Å². The summed E-state index contributed by atoms with van der Waals surface area (Å²) in [5, 5.41) is 3.00. The van der Waals surface area contributed by atoms with Gasteiger partial charge in [0.1, 0.15) is 6.61 Å². The lowest BCUT2D eigenvalue weighted by atomic mass is 9.73. The van der Waals surface area contributed by atoms with Gasteiger partial charge in [-0.3, -0.25) is 9.69 Å². The van der Waals surface area contributed by atoms with Gasteiger partial charge < -0.3 is 19.5 Å². The monoisotopic (exact) mass is 374 g/mol. The van der Waals surface area contributed by atoms with Gasteiger partial charge in [-0.1, -0.05) is 6.07 Å². The highest BCUT2D eigenvalue weighted by atomic mass is 16.5. The number of hydrogen-bond acceptors (Lipinski definition) is 5. The molecule has 1 amide bonds. The van der Waals surface area contributed by atoms with Gasteiger partial charge >= 0.3 is 0 Å². The average molecular weight is 374 g/mol. The molecule has 4 rings (SSSR count). The van der Waals surface area contributed by atoms with Gasteiger partial charge in [0, 0.05) is 44.9 Å². The summed E-state index contributed by atoms with van der Waals surface area (Å²) in [7, 11) is 1.67. The van der Waals surface area contributed by atoms with Gasteiger partial charge in [-0.25, -0.2) is 0 Å². The minimum atomic E-state index is -0.00461. The number of rotatable bonds is 7. The molecule has 1 aromatic rings. The number of ether oxygens (including phenoxy) is 3. The Balaban J connectivity index is 1.33. The first-order valence-corrected chi connectivity index (χ1v) is 9.93. The number of fused-ring (bicyclic) bond motifs is 1. The molecule has 3 saturated heterocycles. The zero-order valence-electron chi connectivity index (χ0n) is 16.5. The molecule has 4 atom stereocenters. The summed E-state index contributed by atoms with van der Waals surface area (Å²) in [4.78, 5) is 13.8. The highest BCUT2D eigenvalue weighted by Crippen LogP contribution is 2.54. The van der Waals surface area contributed by atoms with Crippen LogP contribution in [0, 0.1) is 18.8 Å². The van der Waals surface area contributed by atoms with Crippen molar-refractivity contribution in [3.63, 3.8) is 0 Å². The minimum Gasteiger partial charge on any atom is -0.493 e. The number of carbonyl (C=O) groups is 1. The summed E-state index contributed by atoms with van der Waals surface area (Å²) < 4.78 is 17.8. The molecule has 0 saturated carbocycles. The van der Waals surface area contributed by atoms with Gasteiger partial charge in [0.05, 0.1) is 18.8 Å². The van der Waals surface area contributed by atoms with Crippen molar-refractivity contribution in [2.45, 2.75) is 38.4 Å². The van der Waals surface area contributed by atoms with Crippen LogP contribution < -0.4 is 14.8 Å². The second-order valence-electron chi connectivity index (χ2n) is 8.21. The molecule has 3 heterocycles. The lowest BCUT2D eigenvalue weighted by molar-refractivity contribution is -0.119. The third-order valence-corrected chi connectivity index (χ3v) is 6.43. The zero-order valence-corrected chi connectivity index (χ0v) is 16.5. The lowest BCUT2D eigenvalue weighted by Crippen LogP contribution is -2.41. The Kier molecular flexibility index (Phi) is 5.03. The molecule has 2 bridgehead atoms. The van der Waals surface area contributed by atoms with E-state index in [4.69, 9.17) is 14.2 Å². The maximum atomic E-state index is 11.3. The Morgan fingerprint density at radius 2 is 2.26 bits per heavy atom. The normalized spacial score (nSPS) is 31.7. The highest BCUT2D eigenvalue weighted by Gasteiger charge is 2.62. The van der Waals surface area contributed by atoms with Crippen molar-refractivity contribution >= 4 is 5.91 Å². The molecule has 3 fully saturated rings. The molecule has 1 aromatic carbocycles. The van der Waals surface area contributed by atoms with Crippen LogP contribution in [0.4, 0.5) is 0 Å². The average Bonchev–Trinajstić information content (AvgIpc) is 3.29. The molecule has 27 heavy (non-hydrogen) atoms. The van der Waals surface area contributed by atoms with Crippen LogP contribution in [0.2, 0.25) is 0 Å². The van der Waals surface area contributed by atoms with E-state index in [0.717, 1.165) is 56.1 Å². The van der Waals surface area contributed by atoms with E-state index in [0.29, 0.717) is 24.5 Å². The fraction of sp³-hybridized carbons (Fsp3) is 0.667. The lowest BCUT2D eigenvalue weighted by Gasteiger charge is -2.29. The van der Waals surface area contributed by atoms with Crippen LogP contribution in [-0.4, -0.2) is 62.4 Å². The molecule has 1 spiro atoms. The zero-order chi connectivity index (χ0) is 19.0. The smallest absolute Gasteiger partial charge is 0.216 e. The van der Waals surface area contributed by atoms with E-state index < -0.39 is 0 Å². The number of hydrogen-bond donors (Lipinski definition) is 1. The van der Waals surface area contributed by atoms with Crippen molar-refractivity contribution in [2.75, 3.05) is 39.9 Å². The Labute approximate surface area is 161 Å². The van der Waals surface area contributed by atoms with Crippen molar-refractivity contribution in [1.82, 2.24) is 10.2 Å². The third kappa shape index (κ3) is 3.52. The van der Waals surface area contributed by atoms with Crippen molar-refractivity contribution in [3.05, 3.63) is 23.8 Å². The first-order chi connectivity index (χ1) is 13.0. The molecule has 0 aliphatic carbocycles. The van der Waals surface area contributed by atoms with Crippen molar-refractivity contribution in [3.8, 4) is 11.5 Å². The highest BCUT2D eigenvalue weighted by molar-refractivity contribution is 5.72. The Morgan fingerprint density at radius 1 is 1.41 bits per heavy atom. The molecule has 0 unspecified atom stereocenters. The van der Waals surface area contributed by atoms with E-state index in [9.17, 15) is 4.79 Å². The van der Waals surface area contributed by atoms with Gasteiger partial charge in [0.15, 0.2) is 11.5 Å². The van der Waals surface area contributed by atoms with E-state index in [1.54, 1.807) is 14.0 Å². The van der Waals surface area contributed by atoms with Gasteiger partial charge in [0.2, 0.25) is 5.91 Å². The number of likely N-dealkylation sites (tertiary alicyclic amines) is 1. The van der Waals surface area contributed by atoms with Gasteiger partial charge in [-0.05, 0) is 37.5 Å².